The van der Waals surface area contributed by atoms with Crippen molar-refractivity contribution in [1.29, 1.82) is 0 Å². The third-order valence-electron chi connectivity index (χ3n) is 4.02. The zero-order valence-electron chi connectivity index (χ0n) is 15.5. The average Bonchev–Trinajstić information content (AvgIpc) is 3.08. The van der Waals surface area contributed by atoms with Crippen LogP contribution in [0.25, 0.3) is 11.3 Å². The highest BCUT2D eigenvalue weighted by Gasteiger charge is 2.23. The molecule has 0 saturated heterocycles. The topological polar surface area (TPSA) is 98.4 Å². The number of aryl methyl sites for hydroxylation is 2. The highest BCUT2D eigenvalue weighted by Crippen LogP contribution is 2.26. The Hall–Kier alpha value is -2.78. The van der Waals surface area contributed by atoms with Crippen LogP contribution in [-0.2, 0) is 16.6 Å². The Kier molecular flexibility index (Phi) is 5.24. The number of benzene rings is 1. The molecular formula is C18H20N4O4S. The van der Waals surface area contributed by atoms with Gasteiger partial charge in [-0.25, -0.2) is 18.4 Å². The lowest BCUT2D eigenvalue weighted by atomic mass is 10.1. The van der Waals surface area contributed by atoms with Gasteiger partial charge in [-0.15, -0.1) is 0 Å². The van der Waals surface area contributed by atoms with Gasteiger partial charge < -0.3 is 9.26 Å². The maximum atomic E-state index is 12.9. The van der Waals surface area contributed by atoms with Gasteiger partial charge in [0, 0.05) is 19.3 Å². The summed E-state index contributed by atoms with van der Waals surface area (Å²) in [5.74, 6) is 1.63. The maximum Gasteiger partial charge on any atom is 0.243 e. The third kappa shape index (κ3) is 3.99. The molecule has 27 heavy (non-hydrogen) atoms. The summed E-state index contributed by atoms with van der Waals surface area (Å²) in [7, 11) is -0.664. The SMILES string of the molecule is COc1ccc(S(=O)(=O)N(C)Cc2nc(C)ncc2-c2cc(C)no2)cc1. The van der Waals surface area contributed by atoms with E-state index in [1.54, 1.807) is 31.3 Å². The van der Waals surface area contributed by atoms with Crippen LogP contribution >= 0.6 is 0 Å². The molecule has 0 unspecified atom stereocenters. The Labute approximate surface area is 157 Å². The molecular weight excluding hydrogens is 368 g/mol. The number of ether oxygens (including phenoxy) is 1. The zero-order valence-corrected chi connectivity index (χ0v) is 16.3. The predicted molar refractivity (Wildman–Crippen MR) is 98.6 cm³/mol. The van der Waals surface area contributed by atoms with Gasteiger partial charge in [-0.2, -0.15) is 4.31 Å². The van der Waals surface area contributed by atoms with Gasteiger partial charge in [0.05, 0.1) is 35.5 Å². The van der Waals surface area contributed by atoms with Crippen molar-refractivity contribution in [1.82, 2.24) is 19.4 Å². The van der Waals surface area contributed by atoms with Gasteiger partial charge in [-0.3, -0.25) is 0 Å². The summed E-state index contributed by atoms with van der Waals surface area (Å²) in [6.07, 6.45) is 1.62. The van der Waals surface area contributed by atoms with Gasteiger partial charge in [0.1, 0.15) is 11.6 Å². The molecule has 0 radical (unpaired) electrons. The summed E-state index contributed by atoms with van der Waals surface area (Å²) >= 11 is 0. The summed E-state index contributed by atoms with van der Waals surface area (Å²) in [4.78, 5) is 8.77. The molecule has 2 heterocycles. The van der Waals surface area contributed by atoms with E-state index >= 15 is 0 Å². The summed E-state index contributed by atoms with van der Waals surface area (Å²) < 4.78 is 37.4. The predicted octanol–water partition coefficient (Wildman–Crippen LogP) is 2.58. The van der Waals surface area contributed by atoms with Crippen LogP contribution in [0, 0.1) is 13.8 Å². The van der Waals surface area contributed by atoms with Crippen LogP contribution in [0.4, 0.5) is 0 Å². The minimum absolute atomic E-state index is 0.0623. The highest BCUT2D eigenvalue weighted by atomic mass is 32.2. The lowest BCUT2D eigenvalue weighted by molar-refractivity contribution is 0.414. The maximum absolute atomic E-state index is 12.9. The summed E-state index contributed by atoms with van der Waals surface area (Å²) in [6, 6.07) is 8.00. The normalized spacial score (nSPS) is 11.7. The fourth-order valence-corrected chi connectivity index (χ4v) is 3.69. The molecule has 0 amide bonds. The quantitative estimate of drug-likeness (QED) is 0.640. The second kappa shape index (κ2) is 7.45. The monoisotopic (exact) mass is 388 g/mol. The Balaban J connectivity index is 1.93. The van der Waals surface area contributed by atoms with Crippen LogP contribution in [-0.4, -0.2) is 42.0 Å². The summed E-state index contributed by atoms with van der Waals surface area (Å²) in [5.41, 5.74) is 1.87. The Morgan fingerprint density at radius 2 is 1.89 bits per heavy atom. The van der Waals surface area contributed by atoms with E-state index in [-0.39, 0.29) is 11.4 Å². The van der Waals surface area contributed by atoms with Crippen LogP contribution in [0.1, 0.15) is 17.2 Å². The standard InChI is InChI=1S/C18H20N4O4S/c1-12-9-18(26-21-12)16-10-19-13(2)20-17(16)11-22(3)27(23,24)15-7-5-14(25-4)6-8-15/h5-10H,11H2,1-4H3. The van der Waals surface area contributed by atoms with Crippen LogP contribution in [0.5, 0.6) is 5.75 Å². The van der Waals surface area contributed by atoms with Crippen molar-refractivity contribution >= 4 is 10.0 Å². The van der Waals surface area contributed by atoms with Gasteiger partial charge >= 0.3 is 0 Å². The van der Waals surface area contributed by atoms with Crippen molar-refractivity contribution in [3.63, 3.8) is 0 Å². The smallest absolute Gasteiger partial charge is 0.243 e. The number of nitrogens with zero attached hydrogens (tertiary/aromatic N) is 4. The summed E-state index contributed by atoms with van der Waals surface area (Å²) in [6.45, 7) is 3.62. The number of aromatic nitrogens is 3. The molecule has 9 heteroatoms. The third-order valence-corrected chi connectivity index (χ3v) is 5.84. The minimum Gasteiger partial charge on any atom is -0.497 e. The first-order valence-electron chi connectivity index (χ1n) is 8.18. The first-order valence-corrected chi connectivity index (χ1v) is 9.62. The second-order valence-corrected chi connectivity index (χ2v) is 8.09. The Morgan fingerprint density at radius 1 is 1.19 bits per heavy atom. The first-order chi connectivity index (χ1) is 12.8. The van der Waals surface area contributed by atoms with E-state index in [9.17, 15) is 8.42 Å². The molecule has 0 aliphatic carbocycles. The van der Waals surface area contributed by atoms with Crippen LogP contribution < -0.4 is 4.74 Å². The fraction of sp³-hybridized carbons (Fsp3) is 0.278. The van der Waals surface area contributed by atoms with Gasteiger partial charge in [0.2, 0.25) is 10.0 Å². The van der Waals surface area contributed by atoms with Crippen molar-refractivity contribution in [2.45, 2.75) is 25.3 Å². The molecule has 1 aromatic carbocycles. The van der Waals surface area contributed by atoms with Crippen molar-refractivity contribution in [3.05, 3.63) is 53.7 Å². The van der Waals surface area contributed by atoms with E-state index in [1.165, 1.54) is 30.6 Å². The fourth-order valence-electron chi connectivity index (χ4n) is 2.56. The zero-order chi connectivity index (χ0) is 19.6. The molecule has 0 bridgehead atoms. The van der Waals surface area contributed by atoms with Crippen molar-refractivity contribution in [2.24, 2.45) is 0 Å². The molecule has 0 saturated carbocycles. The minimum atomic E-state index is -3.70. The molecule has 2 aromatic heterocycles. The van der Waals surface area contributed by atoms with E-state index in [0.29, 0.717) is 28.6 Å². The molecule has 0 fully saturated rings. The number of sulfonamides is 1. The molecule has 3 aromatic rings. The van der Waals surface area contributed by atoms with Crippen LogP contribution in [0.3, 0.4) is 0 Å². The van der Waals surface area contributed by atoms with Crippen LogP contribution in [0.15, 0.2) is 45.9 Å². The molecule has 3 rings (SSSR count). The number of rotatable bonds is 6. The number of methoxy groups -OCH3 is 1. The van der Waals surface area contributed by atoms with Crippen molar-refractivity contribution < 1.29 is 17.7 Å². The Bertz CT molecular complexity index is 1050. The number of hydrogen-bond acceptors (Lipinski definition) is 7. The molecule has 8 nitrogen and oxygen atoms in total. The van der Waals surface area contributed by atoms with E-state index in [1.807, 2.05) is 6.92 Å². The van der Waals surface area contributed by atoms with Gasteiger partial charge in [-0.05, 0) is 38.1 Å². The number of hydrogen-bond donors (Lipinski definition) is 0. The Morgan fingerprint density at radius 3 is 2.48 bits per heavy atom. The first kappa shape index (κ1) is 19.0. The highest BCUT2D eigenvalue weighted by molar-refractivity contribution is 7.89. The molecule has 0 aliphatic heterocycles. The molecule has 0 spiro atoms. The van der Waals surface area contributed by atoms with Gasteiger partial charge in [0.15, 0.2) is 5.76 Å². The van der Waals surface area contributed by atoms with E-state index in [2.05, 4.69) is 15.1 Å². The molecule has 0 aliphatic rings. The summed E-state index contributed by atoms with van der Waals surface area (Å²) in [5, 5.41) is 3.87. The lowest BCUT2D eigenvalue weighted by Gasteiger charge is -2.18. The lowest BCUT2D eigenvalue weighted by Crippen LogP contribution is -2.27. The average molecular weight is 388 g/mol. The van der Waals surface area contributed by atoms with Gasteiger partial charge in [-0.1, -0.05) is 5.16 Å². The van der Waals surface area contributed by atoms with E-state index in [0.717, 1.165) is 5.69 Å². The molecule has 0 N–H and O–H groups in total. The van der Waals surface area contributed by atoms with Crippen LogP contribution in [0.2, 0.25) is 0 Å². The van der Waals surface area contributed by atoms with Crippen molar-refractivity contribution in [2.75, 3.05) is 14.2 Å². The van der Waals surface area contributed by atoms with E-state index < -0.39 is 10.0 Å². The molecule has 142 valence electrons. The van der Waals surface area contributed by atoms with E-state index in [4.69, 9.17) is 9.26 Å². The second-order valence-electron chi connectivity index (χ2n) is 6.05. The molecule has 0 atom stereocenters. The largest absolute Gasteiger partial charge is 0.497 e. The van der Waals surface area contributed by atoms with Crippen molar-refractivity contribution in [3.8, 4) is 17.1 Å². The van der Waals surface area contributed by atoms with Gasteiger partial charge in [0.25, 0.3) is 0 Å².